The van der Waals surface area contributed by atoms with Crippen molar-refractivity contribution in [2.75, 3.05) is 31.9 Å². The first-order valence-corrected chi connectivity index (χ1v) is 6.10. The van der Waals surface area contributed by atoms with Crippen molar-refractivity contribution in [1.82, 2.24) is 10.2 Å². The highest BCUT2D eigenvalue weighted by atomic mass is 19.4. The number of phenolic OH excluding ortho intramolecular Hbond substituents is 1. The molecule has 112 valence electrons. The predicted molar refractivity (Wildman–Crippen MR) is 65.7 cm³/mol. The van der Waals surface area contributed by atoms with Gasteiger partial charge >= 0.3 is 6.18 Å². The molecule has 0 spiro atoms. The van der Waals surface area contributed by atoms with Gasteiger partial charge in [0, 0.05) is 31.7 Å². The Morgan fingerprint density at radius 1 is 1.25 bits per heavy atom. The molecule has 1 aliphatic heterocycles. The van der Waals surface area contributed by atoms with Crippen molar-refractivity contribution in [2.24, 2.45) is 0 Å². The average Bonchev–Trinajstić information content (AvgIpc) is 2.39. The SMILES string of the molecule is Nc1c(F)ccc([C@@H](N2CCNCC2)C(F)(F)F)c1O. The zero-order chi connectivity index (χ0) is 14.9. The van der Waals surface area contributed by atoms with Crippen molar-refractivity contribution in [3.63, 3.8) is 0 Å². The molecule has 1 aromatic rings. The van der Waals surface area contributed by atoms with Gasteiger partial charge in [-0.15, -0.1) is 0 Å². The Morgan fingerprint density at radius 2 is 1.85 bits per heavy atom. The largest absolute Gasteiger partial charge is 0.505 e. The van der Waals surface area contributed by atoms with Crippen molar-refractivity contribution in [1.29, 1.82) is 0 Å². The van der Waals surface area contributed by atoms with Crippen LogP contribution in [0.15, 0.2) is 12.1 Å². The quantitative estimate of drug-likeness (QED) is 0.440. The molecular weight excluding hydrogens is 278 g/mol. The molecule has 8 heteroatoms. The number of anilines is 1. The molecule has 0 amide bonds. The second-order valence-electron chi connectivity index (χ2n) is 4.63. The summed E-state index contributed by atoms with van der Waals surface area (Å²) in [5.41, 5.74) is 4.19. The summed E-state index contributed by atoms with van der Waals surface area (Å²) in [5.74, 6) is -1.78. The second kappa shape index (κ2) is 5.45. The topological polar surface area (TPSA) is 61.5 Å². The number of benzene rings is 1. The van der Waals surface area contributed by atoms with E-state index in [-0.39, 0.29) is 13.1 Å². The monoisotopic (exact) mass is 293 g/mol. The van der Waals surface area contributed by atoms with Gasteiger partial charge < -0.3 is 16.2 Å². The van der Waals surface area contributed by atoms with Gasteiger partial charge in [-0.05, 0) is 6.07 Å². The number of rotatable bonds is 2. The number of hydrogen-bond acceptors (Lipinski definition) is 4. The number of aromatic hydroxyl groups is 1. The number of phenols is 1. The number of alkyl halides is 3. The van der Waals surface area contributed by atoms with Crippen LogP contribution in [-0.2, 0) is 0 Å². The molecule has 0 radical (unpaired) electrons. The van der Waals surface area contributed by atoms with Gasteiger partial charge in [-0.3, -0.25) is 4.90 Å². The number of nitrogens with two attached hydrogens (primary N) is 1. The molecule has 1 saturated heterocycles. The Kier molecular flexibility index (Phi) is 4.05. The van der Waals surface area contributed by atoms with Gasteiger partial charge in [-0.25, -0.2) is 4.39 Å². The first-order valence-electron chi connectivity index (χ1n) is 6.10. The van der Waals surface area contributed by atoms with E-state index in [1.165, 1.54) is 4.90 Å². The molecule has 4 nitrogen and oxygen atoms in total. The van der Waals surface area contributed by atoms with Gasteiger partial charge in [0.25, 0.3) is 0 Å². The fourth-order valence-electron chi connectivity index (χ4n) is 2.34. The maximum atomic E-state index is 13.3. The van der Waals surface area contributed by atoms with E-state index in [0.717, 1.165) is 12.1 Å². The van der Waals surface area contributed by atoms with Crippen molar-refractivity contribution in [3.05, 3.63) is 23.5 Å². The van der Waals surface area contributed by atoms with Gasteiger partial charge in [0.15, 0.2) is 0 Å². The molecule has 1 heterocycles. The first kappa shape index (κ1) is 14.9. The number of halogens is 4. The Morgan fingerprint density at radius 3 is 2.40 bits per heavy atom. The highest BCUT2D eigenvalue weighted by molar-refractivity contribution is 5.58. The summed E-state index contributed by atoms with van der Waals surface area (Å²) in [6, 6.07) is -0.223. The Balaban J connectivity index is 2.44. The molecule has 1 aliphatic rings. The van der Waals surface area contributed by atoms with Crippen LogP contribution in [0.25, 0.3) is 0 Å². The third kappa shape index (κ3) is 2.80. The fourth-order valence-corrected chi connectivity index (χ4v) is 2.34. The lowest BCUT2D eigenvalue weighted by Gasteiger charge is -2.36. The molecule has 4 N–H and O–H groups in total. The summed E-state index contributed by atoms with van der Waals surface area (Å²) in [7, 11) is 0. The molecule has 1 aromatic carbocycles. The molecule has 0 unspecified atom stereocenters. The summed E-state index contributed by atoms with van der Waals surface area (Å²) in [5, 5.41) is 12.7. The van der Waals surface area contributed by atoms with Crippen LogP contribution in [0.5, 0.6) is 5.75 Å². The fraction of sp³-hybridized carbons (Fsp3) is 0.500. The van der Waals surface area contributed by atoms with E-state index < -0.39 is 35.0 Å². The van der Waals surface area contributed by atoms with E-state index in [4.69, 9.17) is 5.73 Å². The molecule has 1 fully saturated rings. The van der Waals surface area contributed by atoms with E-state index in [2.05, 4.69) is 5.32 Å². The predicted octanol–water partition coefficient (Wildman–Crippen LogP) is 1.62. The lowest BCUT2D eigenvalue weighted by molar-refractivity contribution is -0.188. The van der Waals surface area contributed by atoms with Crippen molar-refractivity contribution in [2.45, 2.75) is 12.2 Å². The third-order valence-corrected chi connectivity index (χ3v) is 3.32. The van der Waals surface area contributed by atoms with Crippen LogP contribution in [-0.4, -0.2) is 42.4 Å². The zero-order valence-corrected chi connectivity index (χ0v) is 10.5. The summed E-state index contributed by atoms with van der Waals surface area (Å²) in [6.07, 6.45) is -4.58. The Hall–Kier alpha value is -1.54. The van der Waals surface area contributed by atoms with Gasteiger partial charge in [0.2, 0.25) is 0 Å². The van der Waals surface area contributed by atoms with Crippen LogP contribution < -0.4 is 11.1 Å². The molecule has 0 bridgehead atoms. The zero-order valence-electron chi connectivity index (χ0n) is 10.5. The van der Waals surface area contributed by atoms with Crippen LogP contribution in [0.4, 0.5) is 23.2 Å². The normalized spacial score (nSPS) is 19.0. The van der Waals surface area contributed by atoms with Gasteiger partial charge in [-0.2, -0.15) is 13.2 Å². The summed E-state index contributed by atoms with van der Waals surface area (Å²) < 4.78 is 53.1. The van der Waals surface area contributed by atoms with Crippen LogP contribution in [0, 0.1) is 5.82 Å². The molecule has 1 atom stereocenters. The van der Waals surface area contributed by atoms with Crippen LogP contribution in [0.3, 0.4) is 0 Å². The number of nitrogens with one attached hydrogen (secondary N) is 1. The number of hydrogen-bond donors (Lipinski definition) is 3. The maximum absolute atomic E-state index is 13.3. The molecular formula is C12H15F4N3O. The molecule has 2 rings (SSSR count). The smallest absolute Gasteiger partial charge is 0.408 e. The highest BCUT2D eigenvalue weighted by Crippen LogP contribution is 2.43. The number of nitrogen functional groups attached to an aromatic ring is 1. The second-order valence-corrected chi connectivity index (χ2v) is 4.63. The minimum absolute atomic E-state index is 0.181. The Bertz CT molecular complexity index is 486. The summed E-state index contributed by atoms with van der Waals surface area (Å²) in [4.78, 5) is 1.20. The Labute approximate surface area is 113 Å². The van der Waals surface area contributed by atoms with Gasteiger partial charge in [0.05, 0.1) is 0 Å². The lowest BCUT2D eigenvalue weighted by atomic mass is 10.0. The van der Waals surface area contributed by atoms with Crippen LogP contribution >= 0.6 is 0 Å². The third-order valence-electron chi connectivity index (χ3n) is 3.32. The van der Waals surface area contributed by atoms with Crippen LogP contribution in [0.2, 0.25) is 0 Å². The highest BCUT2D eigenvalue weighted by Gasteiger charge is 2.46. The molecule has 20 heavy (non-hydrogen) atoms. The van der Waals surface area contributed by atoms with Crippen molar-refractivity contribution < 1.29 is 22.7 Å². The summed E-state index contributed by atoms with van der Waals surface area (Å²) >= 11 is 0. The van der Waals surface area contributed by atoms with Crippen molar-refractivity contribution in [3.8, 4) is 5.75 Å². The summed E-state index contributed by atoms with van der Waals surface area (Å²) in [6.45, 7) is 1.20. The minimum Gasteiger partial charge on any atom is -0.505 e. The molecule has 0 aliphatic carbocycles. The number of nitrogens with zero attached hydrogens (tertiary/aromatic N) is 1. The van der Waals surface area contributed by atoms with E-state index >= 15 is 0 Å². The minimum atomic E-state index is -4.58. The van der Waals surface area contributed by atoms with Gasteiger partial charge in [-0.1, -0.05) is 6.07 Å². The van der Waals surface area contributed by atoms with E-state index in [1.807, 2.05) is 0 Å². The van der Waals surface area contributed by atoms with Crippen LogP contribution in [0.1, 0.15) is 11.6 Å². The van der Waals surface area contributed by atoms with E-state index in [9.17, 15) is 22.7 Å². The van der Waals surface area contributed by atoms with Crippen molar-refractivity contribution >= 4 is 5.69 Å². The molecule has 0 saturated carbocycles. The first-order chi connectivity index (χ1) is 9.32. The standard InChI is InChI=1S/C12H15F4N3O/c13-8-2-1-7(10(20)9(8)17)11(12(14,15)16)19-5-3-18-4-6-19/h1-2,11,18,20H,3-6,17H2/t11-/m1/s1. The maximum Gasteiger partial charge on any atom is 0.408 e. The van der Waals surface area contributed by atoms with E-state index in [0.29, 0.717) is 13.1 Å². The van der Waals surface area contributed by atoms with Gasteiger partial charge in [0.1, 0.15) is 23.3 Å². The number of piperazine rings is 1. The lowest BCUT2D eigenvalue weighted by Crippen LogP contribution is -2.49. The molecule has 0 aromatic heterocycles. The average molecular weight is 293 g/mol. The van der Waals surface area contributed by atoms with E-state index in [1.54, 1.807) is 0 Å².